The minimum atomic E-state index is 0.597. The number of pyridine rings is 1. The number of hydrogen-bond donors (Lipinski definition) is 0. The van der Waals surface area contributed by atoms with Crippen molar-refractivity contribution in [3.63, 3.8) is 0 Å². The van der Waals surface area contributed by atoms with E-state index in [-0.39, 0.29) is 0 Å². The first kappa shape index (κ1) is 11.8. The zero-order chi connectivity index (χ0) is 12.3. The van der Waals surface area contributed by atoms with Gasteiger partial charge in [-0.05, 0) is 53.2 Å². The highest BCUT2D eigenvalue weighted by Crippen LogP contribution is 2.27. The Balaban J connectivity index is 2.28. The Morgan fingerprint density at radius 1 is 1.35 bits per heavy atom. The Morgan fingerprint density at radius 3 is 2.82 bits per heavy atom. The Labute approximate surface area is 108 Å². The highest BCUT2D eigenvalue weighted by Gasteiger charge is 2.04. The van der Waals surface area contributed by atoms with Gasteiger partial charge in [-0.15, -0.1) is 0 Å². The number of carbonyl (C=O) groups is 1. The Hall–Kier alpha value is -1.68. The molecule has 4 heteroatoms. The summed E-state index contributed by atoms with van der Waals surface area (Å²) in [7, 11) is 0. The minimum absolute atomic E-state index is 0.597. The van der Waals surface area contributed by atoms with Crippen LogP contribution >= 0.6 is 15.9 Å². The van der Waals surface area contributed by atoms with Gasteiger partial charge in [-0.1, -0.05) is 0 Å². The lowest BCUT2D eigenvalue weighted by atomic mass is 10.2. The number of hydrogen-bond acceptors (Lipinski definition) is 3. The van der Waals surface area contributed by atoms with E-state index in [0.29, 0.717) is 21.5 Å². The molecule has 2 rings (SSSR count). The maximum absolute atomic E-state index is 10.7. The van der Waals surface area contributed by atoms with Crippen LogP contribution in [0.3, 0.4) is 0 Å². The van der Waals surface area contributed by atoms with Crippen LogP contribution in [0, 0.1) is 6.92 Å². The van der Waals surface area contributed by atoms with Crippen molar-refractivity contribution in [1.29, 1.82) is 0 Å². The van der Waals surface area contributed by atoms with Crippen molar-refractivity contribution >= 4 is 22.2 Å². The number of carbonyl (C=O) groups excluding carboxylic acids is 1. The van der Waals surface area contributed by atoms with Gasteiger partial charge in [0.15, 0.2) is 6.29 Å². The number of aryl methyl sites for hydroxylation is 1. The summed E-state index contributed by atoms with van der Waals surface area (Å²) in [5.74, 6) is 1.37. The summed E-state index contributed by atoms with van der Waals surface area (Å²) < 4.78 is 6.40. The van der Waals surface area contributed by atoms with Crippen molar-refractivity contribution in [3.05, 3.63) is 52.3 Å². The lowest BCUT2D eigenvalue weighted by Gasteiger charge is -2.08. The molecular weight excluding hydrogens is 282 g/mol. The lowest BCUT2D eigenvalue weighted by Crippen LogP contribution is -1.90. The van der Waals surface area contributed by atoms with Gasteiger partial charge in [-0.3, -0.25) is 9.78 Å². The summed E-state index contributed by atoms with van der Waals surface area (Å²) in [6.45, 7) is 1.88. The second kappa shape index (κ2) is 5.10. The standard InChI is InChI=1S/C13H10BrNO2/c1-9-13(3-2-6-15-9)17-11-5-4-10(8-16)12(14)7-11/h2-8H,1H3. The van der Waals surface area contributed by atoms with Crippen LogP contribution in [0.5, 0.6) is 11.5 Å². The predicted molar refractivity (Wildman–Crippen MR) is 68.6 cm³/mol. The van der Waals surface area contributed by atoms with E-state index in [1.165, 1.54) is 0 Å². The molecule has 1 aromatic heterocycles. The summed E-state index contributed by atoms with van der Waals surface area (Å²) >= 11 is 3.31. The smallest absolute Gasteiger partial charge is 0.151 e. The molecule has 0 amide bonds. The highest BCUT2D eigenvalue weighted by molar-refractivity contribution is 9.10. The third-order valence-corrected chi connectivity index (χ3v) is 2.97. The van der Waals surface area contributed by atoms with Crippen LogP contribution in [0.15, 0.2) is 41.0 Å². The topological polar surface area (TPSA) is 39.2 Å². The van der Waals surface area contributed by atoms with Gasteiger partial charge in [0, 0.05) is 16.2 Å². The summed E-state index contributed by atoms with van der Waals surface area (Å²) in [4.78, 5) is 14.8. The first-order valence-corrected chi connectivity index (χ1v) is 5.84. The molecule has 0 atom stereocenters. The second-order valence-corrected chi connectivity index (χ2v) is 4.34. The number of nitrogens with zero attached hydrogens (tertiary/aromatic N) is 1. The van der Waals surface area contributed by atoms with Crippen molar-refractivity contribution in [2.24, 2.45) is 0 Å². The van der Waals surface area contributed by atoms with Crippen LogP contribution in [0.4, 0.5) is 0 Å². The van der Waals surface area contributed by atoms with Crippen LogP contribution in [0.1, 0.15) is 16.1 Å². The van der Waals surface area contributed by atoms with E-state index in [4.69, 9.17) is 4.74 Å². The fourth-order valence-corrected chi connectivity index (χ4v) is 1.82. The fourth-order valence-electron chi connectivity index (χ4n) is 1.37. The number of benzene rings is 1. The molecule has 0 saturated carbocycles. The monoisotopic (exact) mass is 291 g/mol. The number of rotatable bonds is 3. The largest absolute Gasteiger partial charge is 0.455 e. The van der Waals surface area contributed by atoms with Crippen molar-refractivity contribution < 1.29 is 9.53 Å². The highest BCUT2D eigenvalue weighted by atomic mass is 79.9. The third-order valence-electron chi connectivity index (χ3n) is 2.29. The van der Waals surface area contributed by atoms with Crippen molar-refractivity contribution in [2.45, 2.75) is 6.92 Å². The van der Waals surface area contributed by atoms with Crippen LogP contribution in [-0.4, -0.2) is 11.3 Å². The molecule has 0 unspecified atom stereocenters. The molecule has 1 aromatic carbocycles. The molecule has 0 aliphatic heterocycles. The molecule has 1 heterocycles. The second-order valence-electron chi connectivity index (χ2n) is 3.49. The minimum Gasteiger partial charge on any atom is -0.455 e. The molecule has 0 bridgehead atoms. The molecule has 3 nitrogen and oxygen atoms in total. The van der Waals surface area contributed by atoms with E-state index in [0.717, 1.165) is 12.0 Å². The summed E-state index contributed by atoms with van der Waals surface area (Å²) in [6.07, 6.45) is 2.51. The molecule has 2 aromatic rings. The van der Waals surface area contributed by atoms with Gasteiger partial charge in [0.05, 0.1) is 5.69 Å². The zero-order valence-electron chi connectivity index (χ0n) is 9.18. The molecule has 0 fully saturated rings. The first-order chi connectivity index (χ1) is 8.20. The molecule has 0 radical (unpaired) electrons. The summed E-state index contributed by atoms with van der Waals surface area (Å²) in [5, 5.41) is 0. The predicted octanol–water partition coefficient (Wildman–Crippen LogP) is 3.76. The van der Waals surface area contributed by atoms with E-state index < -0.39 is 0 Å². The average molecular weight is 292 g/mol. The molecule has 0 N–H and O–H groups in total. The number of ether oxygens (including phenoxy) is 1. The molecule has 17 heavy (non-hydrogen) atoms. The Kier molecular flexibility index (Phi) is 3.54. The maximum atomic E-state index is 10.7. The average Bonchev–Trinajstić information content (AvgIpc) is 2.32. The van der Waals surface area contributed by atoms with Crippen LogP contribution in [-0.2, 0) is 0 Å². The van der Waals surface area contributed by atoms with E-state index in [1.54, 1.807) is 24.4 Å². The van der Waals surface area contributed by atoms with Crippen molar-refractivity contribution in [1.82, 2.24) is 4.98 Å². The van der Waals surface area contributed by atoms with Gasteiger partial charge in [-0.25, -0.2) is 0 Å². The molecule has 86 valence electrons. The third kappa shape index (κ3) is 2.71. The van der Waals surface area contributed by atoms with Crippen molar-refractivity contribution in [2.75, 3.05) is 0 Å². The number of aromatic nitrogens is 1. The normalized spacial score (nSPS) is 10.0. The van der Waals surface area contributed by atoms with Gasteiger partial charge in [0.2, 0.25) is 0 Å². The van der Waals surface area contributed by atoms with Crippen LogP contribution in [0.25, 0.3) is 0 Å². The van der Waals surface area contributed by atoms with Gasteiger partial charge >= 0.3 is 0 Å². The van der Waals surface area contributed by atoms with Gasteiger partial charge < -0.3 is 4.74 Å². The summed E-state index contributed by atoms with van der Waals surface area (Å²) in [5.41, 5.74) is 1.42. The number of halogens is 1. The molecule has 0 spiro atoms. The molecule has 0 saturated heterocycles. The fraction of sp³-hybridized carbons (Fsp3) is 0.0769. The zero-order valence-corrected chi connectivity index (χ0v) is 10.8. The molecule has 0 aliphatic rings. The molecule has 0 aliphatic carbocycles. The SMILES string of the molecule is Cc1ncccc1Oc1ccc(C=O)c(Br)c1. The Morgan fingerprint density at radius 2 is 2.18 bits per heavy atom. The van der Waals surface area contributed by atoms with Crippen LogP contribution < -0.4 is 4.74 Å². The van der Waals surface area contributed by atoms with Gasteiger partial charge in [-0.2, -0.15) is 0 Å². The van der Waals surface area contributed by atoms with E-state index in [9.17, 15) is 4.79 Å². The lowest BCUT2D eigenvalue weighted by molar-refractivity contribution is 0.112. The van der Waals surface area contributed by atoms with E-state index in [1.807, 2.05) is 19.1 Å². The summed E-state index contributed by atoms with van der Waals surface area (Å²) in [6, 6.07) is 8.89. The van der Waals surface area contributed by atoms with Gasteiger partial charge in [0.25, 0.3) is 0 Å². The van der Waals surface area contributed by atoms with Crippen LogP contribution in [0.2, 0.25) is 0 Å². The quantitative estimate of drug-likeness (QED) is 0.809. The van der Waals surface area contributed by atoms with E-state index >= 15 is 0 Å². The number of aldehydes is 1. The van der Waals surface area contributed by atoms with Crippen molar-refractivity contribution in [3.8, 4) is 11.5 Å². The van der Waals surface area contributed by atoms with E-state index in [2.05, 4.69) is 20.9 Å². The molecular formula is C13H10BrNO2. The maximum Gasteiger partial charge on any atom is 0.151 e. The van der Waals surface area contributed by atoms with Gasteiger partial charge in [0.1, 0.15) is 11.5 Å². The Bertz CT molecular complexity index is 555. The first-order valence-electron chi connectivity index (χ1n) is 5.05.